The van der Waals surface area contributed by atoms with Crippen LogP contribution in [0.3, 0.4) is 0 Å². The van der Waals surface area contributed by atoms with E-state index in [0.717, 1.165) is 61.7 Å². The van der Waals surface area contributed by atoms with Gasteiger partial charge in [0.25, 0.3) is 0 Å². The van der Waals surface area contributed by atoms with Crippen LogP contribution < -0.4 is 0 Å². The molecule has 1 spiro atoms. The summed E-state index contributed by atoms with van der Waals surface area (Å²) < 4.78 is 0. The second-order valence-electron chi connectivity index (χ2n) is 17.5. The fraction of sp³-hybridized carbons (Fsp3) is 0.158. The van der Waals surface area contributed by atoms with Crippen LogP contribution in [0.5, 0.6) is 0 Å². The third-order valence-corrected chi connectivity index (χ3v) is 14.2. The average molecular weight is 785 g/mol. The molecular formula is C57H44N4. The maximum Gasteiger partial charge on any atom is 0.164 e. The van der Waals surface area contributed by atoms with Gasteiger partial charge in [-0.1, -0.05) is 165 Å². The lowest BCUT2D eigenvalue weighted by atomic mass is 9.56. The first-order valence-electron chi connectivity index (χ1n) is 21.8. The fourth-order valence-corrected chi connectivity index (χ4v) is 11.5. The van der Waals surface area contributed by atoms with Gasteiger partial charge in [0, 0.05) is 39.3 Å². The molecule has 1 unspecified atom stereocenters. The third-order valence-electron chi connectivity index (χ3n) is 14.2. The highest BCUT2D eigenvalue weighted by molar-refractivity contribution is 5.94. The molecule has 3 aliphatic rings. The molecule has 0 N–H and O–H groups in total. The van der Waals surface area contributed by atoms with Gasteiger partial charge in [-0.2, -0.15) is 0 Å². The van der Waals surface area contributed by atoms with E-state index in [9.17, 15) is 0 Å². The van der Waals surface area contributed by atoms with Crippen molar-refractivity contribution in [2.45, 2.75) is 38.0 Å². The van der Waals surface area contributed by atoms with Gasteiger partial charge in [0.1, 0.15) is 0 Å². The van der Waals surface area contributed by atoms with Crippen molar-refractivity contribution in [2.24, 2.45) is 17.8 Å². The Hall–Kier alpha value is -7.04. The zero-order chi connectivity index (χ0) is 40.5. The van der Waals surface area contributed by atoms with Crippen molar-refractivity contribution in [1.82, 2.24) is 19.9 Å². The molecule has 0 aliphatic heterocycles. The van der Waals surface area contributed by atoms with Gasteiger partial charge in [-0.15, -0.1) is 0 Å². The predicted molar refractivity (Wildman–Crippen MR) is 249 cm³/mol. The van der Waals surface area contributed by atoms with Crippen LogP contribution in [0.2, 0.25) is 0 Å². The molecule has 2 saturated carbocycles. The van der Waals surface area contributed by atoms with E-state index < -0.39 is 0 Å². The predicted octanol–water partition coefficient (Wildman–Crippen LogP) is 14.1. The van der Waals surface area contributed by atoms with E-state index >= 15 is 0 Å². The molecule has 292 valence electrons. The Morgan fingerprint density at radius 2 is 0.984 bits per heavy atom. The summed E-state index contributed by atoms with van der Waals surface area (Å²) in [5.41, 5.74) is 16.9. The van der Waals surface area contributed by atoms with E-state index in [1.54, 1.807) is 11.1 Å². The van der Waals surface area contributed by atoms with Gasteiger partial charge in [0.15, 0.2) is 17.5 Å². The Morgan fingerprint density at radius 1 is 0.426 bits per heavy atom. The fourth-order valence-electron chi connectivity index (χ4n) is 11.5. The number of hydrogen-bond donors (Lipinski definition) is 0. The Balaban J connectivity index is 0.903. The third kappa shape index (κ3) is 5.88. The molecule has 4 heteroatoms. The molecule has 2 heterocycles. The lowest BCUT2D eigenvalue weighted by molar-refractivity contribution is 0.162. The molecule has 0 radical (unpaired) electrons. The van der Waals surface area contributed by atoms with Crippen molar-refractivity contribution < 1.29 is 0 Å². The summed E-state index contributed by atoms with van der Waals surface area (Å²) >= 11 is 0. The largest absolute Gasteiger partial charge is 0.256 e. The zero-order valence-corrected chi connectivity index (χ0v) is 34.2. The Morgan fingerprint density at radius 3 is 1.77 bits per heavy atom. The topological polar surface area (TPSA) is 51.6 Å². The van der Waals surface area contributed by atoms with Crippen LogP contribution in [0, 0.1) is 17.8 Å². The zero-order valence-electron chi connectivity index (χ0n) is 34.2. The number of benzene rings is 7. The lowest BCUT2D eigenvalue weighted by Gasteiger charge is -2.46. The molecule has 0 saturated heterocycles. The van der Waals surface area contributed by atoms with Crippen LogP contribution >= 0.6 is 0 Å². The van der Waals surface area contributed by atoms with Crippen LogP contribution in [-0.4, -0.2) is 19.9 Å². The van der Waals surface area contributed by atoms with E-state index in [2.05, 4.69) is 164 Å². The van der Waals surface area contributed by atoms with Crippen molar-refractivity contribution in [1.29, 1.82) is 0 Å². The lowest BCUT2D eigenvalue weighted by Crippen LogP contribution is -2.43. The van der Waals surface area contributed by atoms with E-state index in [4.69, 9.17) is 15.0 Å². The maximum absolute atomic E-state index is 5.12. The summed E-state index contributed by atoms with van der Waals surface area (Å²) in [4.78, 5) is 19.9. The molecule has 7 aromatic carbocycles. The Bertz CT molecular complexity index is 3130. The first-order chi connectivity index (χ1) is 30.1. The van der Waals surface area contributed by atoms with Crippen molar-refractivity contribution in [3.8, 4) is 78.7 Å². The van der Waals surface area contributed by atoms with E-state index in [-0.39, 0.29) is 5.41 Å². The van der Waals surface area contributed by atoms with Crippen LogP contribution in [0.4, 0.5) is 0 Å². The number of pyridine rings is 1. The molecule has 61 heavy (non-hydrogen) atoms. The van der Waals surface area contributed by atoms with Crippen molar-refractivity contribution in [2.75, 3.05) is 0 Å². The summed E-state index contributed by atoms with van der Waals surface area (Å²) in [5.74, 6) is 4.19. The van der Waals surface area contributed by atoms with Gasteiger partial charge in [-0.25, -0.2) is 15.0 Å². The smallest absolute Gasteiger partial charge is 0.164 e. The van der Waals surface area contributed by atoms with Crippen molar-refractivity contribution in [3.63, 3.8) is 0 Å². The van der Waals surface area contributed by atoms with Gasteiger partial charge in [-0.3, -0.25) is 4.98 Å². The Labute approximate surface area is 357 Å². The summed E-state index contributed by atoms with van der Waals surface area (Å²) in [6.07, 6.45) is 7.30. The molecule has 4 atom stereocenters. The minimum atomic E-state index is 0.133. The number of fused-ring (bicyclic) bond motifs is 9. The minimum Gasteiger partial charge on any atom is -0.256 e. The summed E-state index contributed by atoms with van der Waals surface area (Å²) in [6, 6.07) is 63.3. The van der Waals surface area contributed by atoms with Crippen LogP contribution in [0.15, 0.2) is 182 Å². The Kier molecular flexibility index (Phi) is 8.41. The van der Waals surface area contributed by atoms with E-state index in [1.165, 1.54) is 47.9 Å². The number of nitrogens with zero attached hydrogens (tertiary/aromatic N) is 4. The van der Waals surface area contributed by atoms with Gasteiger partial charge < -0.3 is 0 Å². The van der Waals surface area contributed by atoms with Crippen molar-refractivity contribution >= 4 is 10.9 Å². The van der Waals surface area contributed by atoms with E-state index in [0.29, 0.717) is 23.4 Å². The second kappa shape index (κ2) is 14.3. The van der Waals surface area contributed by atoms with Gasteiger partial charge in [0.05, 0.1) is 5.52 Å². The quantitative estimate of drug-likeness (QED) is 0.168. The highest BCUT2D eigenvalue weighted by Crippen LogP contribution is 2.65. The van der Waals surface area contributed by atoms with Crippen LogP contribution in [0.1, 0.15) is 43.7 Å². The highest BCUT2D eigenvalue weighted by atomic mass is 15.0. The molecule has 0 amide bonds. The molecule has 2 bridgehead atoms. The van der Waals surface area contributed by atoms with Gasteiger partial charge in [-0.05, 0) is 111 Å². The summed E-state index contributed by atoms with van der Waals surface area (Å²) in [6.45, 7) is 2.53. The molecule has 9 aromatic rings. The van der Waals surface area contributed by atoms with Crippen LogP contribution in [0.25, 0.3) is 89.6 Å². The first kappa shape index (κ1) is 35.9. The number of para-hydroxylation sites is 1. The summed E-state index contributed by atoms with van der Waals surface area (Å²) in [7, 11) is 0. The highest BCUT2D eigenvalue weighted by Gasteiger charge is 2.56. The van der Waals surface area contributed by atoms with E-state index in [1.807, 2.05) is 30.5 Å². The second-order valence-corrected chi connectivity index (χ2v) is 17.5. The molecule has 3 aliphatic carbocycles. The van der Waals surface area contributed by atoms with Gasteiger partial charge in [0.2, 0.25) is 0 Å². The molecule has 2 fully saturated rings. The monoisotopic (exact) mass is 784 g/mol. The average Bonchev–Trinajstić information content (AvgIpc) is 3.88. The number of rotatable bonds is 6. The normalized spacial score (nSPS) is 19.9. The van der Waals surface area contributed by atoms with Gasteiger partial charge >= 0.3 is 0 Å². The maximum atomic E-state index is 5.12. The number of hydrogen-bond acceptors (Lipinski definition) is 4. The summed E-state index contributed by atoms with van der Waals surface area (Å²) in [5, 5.41) is 1.12. The van der Waals surface area contributed by atoms with Crippen molar-refractivity contribution in [3.05, 3.63) is 193 Å². The SMILES string of the molecule is C[C@@H]1C[C@@H]2CC[C@@H](C2)C12c1ccccc1-c1cc(-c3cccc(-c4cccc(-c5nc(-c6ccccc6)nc(-c6ccc(-c7cccc8cccnc78)cc6)n5)c4)c3)ccc12. The molecule has 2 aromatic heterocycles. The minimum absolute atomic E-state index is 0.133. The molecule has 12 rings (SSSR count). The van der Waals surface area contributed by atoms with Crippen LogP contribution in [-0.2, 0) is 5.41 Å². The molecular weight excluding hydrogens is 741 g/mol. The first-order valence-corrected chi connectivity index (χ1v) is 21.8. The standard InChI is InChI=1S/C57H44N4/c1-36-31-37-22-28-47(32-37)57(36)51-21-6-5-19-49(51)50-35-45(27-29-52(50)57)43-15-7-14-42(33-43)44-16-8-17-46(34-44)56-60-54(40-11-3-2-4-12-40)59-55(61-56)41-25-23-38(24-26-41)48-20-9-13-39-18-10-30-58-53(39)48/h2-21,23-27,29-30,33-37,47H,22,28,31-32H2,1H3/t36-,37+,47+,57?/m1/s1. The number of aromatic nitrogens is 4. The molecule has 4 nitrogen and oxygen atoms in total.